The molecule has 0 atom stereocenters. The van der Waals surface area contributed by atoms with Crippen LogP contribution in [0, 0.1) is 13.8 Å². The molecule has 0 aromatic heterocycles. The first-order valence-corrected chi connectivity index (χ1v) is 9.30. The highest BCUT2D eigenvalue weighted by Gasteiger charge is 2.24. The van der Waals surface area contributed by atoms with E-state index >= 15 is 0 Å². The molecule has 0 bridgehead atoms. The van der Waals surface area contributed by atoms with E-state index in [1.807, 2.05) is 44.2 Å². The zero-order chi connectivity index (χ0) is 19.6. The monoisotopic (exact) mass is 366 g/mol. The quantitative estimate of drug-likeness (QED) is 0.905. The van der Waals surface area contributed by atoms with E-state index in [4.69, 9.17) is 4.74 Å². The van der Waals surface area contributed by atoms with Gasteiger partial charge in [0.1, 0.15) is 12.4 Å². The highest BCUT2D eigenvalue weighted by atomic mass is 16.5. The van der Waals surface area contributed by atoms with E-state index in [1.165, 1.54) is 0 Å². The number of benzene rings is 2. The summed E-state index contributed by atoms with van der Waals surface area (Å²) in [6.45, 7) is 7.68. The second-order valence-electron chi connectivity index (χ2n) is 6.97. The Balaban J connectivity index is 1.91. The minimum absolute atomic E-state index is 0.00145. The van der Waals surface area contributed by atoms with Gasteiger partial charge in [0.2, 0.25) is 0 Å². The normalized spacial score (nSPS) is 13.6. The van der Waals surface area contributed by atoms with Gasteiger partial charge in [0.05, 0.1) is 12.1 Å². The fraction of sp³-hybridized carbons (Fsp3) is 0.364. The molecule has 1 N–H and O–H groups in total. The molecule has 3 rings (SSSR count). The van der Waals surface area contributed by atoms with Crippen LogP contribution in [0.4, 0.5) is 0 Å². The van der Waals surface area contributed by atoms with Crippen molar-refractivity contribution in [2.24, 2.45) is 0 Å². The Bertz CT molecular complexity index is 872. The maximum atomic E-state index is 12.7. The Morgan fingerprint density at radius 1 is 1.19 bits per heavy atom. The van der Waals surface area contributed by atoms with Gasteiger partial charge in [-0.2, -0.15) is 0 Å². The second kappa shape index (κ2) is 7.82. The molecule has 0 unspecified atom stereocenters. The average Bonchev–Trinajstić information content (AvgIpc) is 2.80. The molecule has 0 saturated carbocycles. The summed E-state index contributed by atoms with van der Waals surface area (Å²) in [6.07, 6.45) is 0.701. The summed E-state index contributed by atoms with van der Waals surface area (Å²) in [5.74, 6) is 0.641. The van der Waals surface area contributed by atoms with Crippen molar-refractivity contribution in [3.63, 3.8) is 0 Å². The van der Waals surface area contributed by atoms with E-state index in [2.05, 4.69) is 12.2 Å². The molecule has 0 aliphatic carbocycles. The summed E-state index contributed by atoms with van der Waals surface area (Å²) in [4.78, 5) is 26.3. The lowest BCUT2D eigenvalue weighted by Gasteiger charge is -2.17. The molecule has 2 aromatic rings. The van der Waals surface area contributed by atoms with E-state index in [9.17, 15) is 9.59 Å². The van der Waals surface area contributed by atoms with E-state index in [0.29, 0.717) is 43.0 Å². The average molecular weight is 366 g/mol. The summed E-state index contributed by atoms with van der Waals surface area (Å²) < 4.78 is 5.86. The first-order chi connectivity index (χ1) is 12.9. The Morgan fingerprint density at radius 3 is 2.56 bits per heavy atom. The molecule has 5 nitrogen and oxygen atoms in total. The largest absolute Gasteiger partial charge is 0.491 e. The zero-order valence-corrected chi connectivity index (χ0v) is 16.4. The standard InChI is InChI=1S/C22H26N2O3/c1-5-23-21(25)17-8-6-16(7-9-17)12-18-13-19-20(15(3)14(18)2)27-11-10-24(4)22(19)26/h6-9,13H,5,10-12H2,1-4H3,(H,23,25). The molecule has 27 heavy (non-hydrogen) atoms. The molecular weight excluding hydrogens is 340 g/mol. The van der Waals surface area contributed by atoms with Crippen LogP contribution < -0.4 is 10.1 Å². The number of nitrogens with one attached hydrogen (secondary N) is 1. The predicted molar refractivity (Wildman–Crippen MR) is 106 cm³/mol. The van der Waals surface area contributed by atoms with Crippen molar-refractivity contribution >= 4 is 11.8 Å². The summed E-state index contributed by atoms with van der Waals surface area (Å²) in [5, 5.41) is 2.80. The van der Waals surface area contributed by atoms with Gasteiger partial charge < -0.3 is 15.0 Å². The molecule has 2 aromatic carbocycles. The van der Waals surface area contributed by atoms with E-state index in [-0.39, 0.29) is 11.8 Å². The molecule has 0 spiro atoms. The Kier molecular flexibility index (Phi) is 5.49. The lowest BCUT2D eigenvalue weighted by atomic mass is 9.93. The molecule has 5 heteroatoms. The molecule has 0 saturated heterocycles. The number of carbonyl (C=O) groups is 2. The number of carbonyl (C=O) groups excluding carboxylic acids is 2. The molecular formula is C22H26N2O3. The molecule has 1 aliphatic rings. The molecule has 142 valence electrons. The topological polar surface area (TPSA) is 58.6 Å². The molecule has 0 fully saturated rings. The molecule has 0 radical (unpaired) electrons. The number of hydrogen-bond acceptors (Lipinski definition) is 3. The van der Waals surface area contributed by atoms with Gasteiger partial charge in [-0.25, -0.2) is 0 Å². The highest BCUT2D eigenvalue weighted by Crippen LogP contribution is 2.32. The van der Waals surface area contributed by atoms with Crippen molar-refractivity contribution in [2.45, 2.75) is 27.2 Å². The van der Waals surface area contributed by atoms with Gasteiger partial charge >= 0.3 is 0 Å². The molecule has 2 amide bonds. The van der Waals surface area contributed by atoms with Crippen LogP contribution in [0.5, 0.6) is 5.75 Å². The van der Waals surface area contributed by atoms with E-state index < -0.39 is 0 Å². The van der Waals surface area contributed by atoms with Crippen molar-refractivity contribution in [2.75, 3.05) is 26.7 Å². The Labute approximate surface area is 160 Å². The van der Waals surface area contributed by atoms with Crippen molar-refractivity contribution in [1.82, 2.24) is 10.2 Å². The van der Waals surface area contributed by atoms with Crippen LogP contribution in [0.15, 0.2) is 30.3 Å². The van der Waals surface area contributed by atoms with Crippen molar-refractivity contribution in [1.29, 1.82) is 0 Å². The molecule has 1 aliphatic heterocycles. The lowest BCUT2D eigenvalue weighted by Crippen LogP contribution is -2.27. The third-order valence-corrected chi connectivity index (χ3v) is 5.15. The van der Waals surface area contributed by atoms with Crippen molar-refractivity contribution in [3.05, 3.63) is 63.7 Å². The third-order valence-electron chi connectivity index (χ3n) is 5.15. The van der Waals surface area contributed by atoms with Crippen LogP contribution in [-0.4, -0.2) is 43.5 Å². The summed E-state index contributed by atoms with van der Waals surface area (Å²) in [5.41, 5.74) is 5.64. The minimum atomic E-state index is -0.0631. The third kappa shape index (κ3) is 3.82. The minimum Gasteiger partial charge on any atom is -0.491 e. The first kappa shape index (κ1) is 19.0. The van der Waals surface area contributed by atoms with Crippen LogP contribution in [0.2, 0.25) is 0 Å². The zero-order valence-electron chi connectivity index (χ0n) is 16.4. The van der Waals surface area contributed by atoms with E-state index in [0.717, 1.165) is 22.3 Å². The number of rotatable bonds is 4. The summed E-state index contributed by atoms with van der Waals surface area (Å²) in [6, 6.07) is 9.58. The number of hydrogen-bond donors (Lipinski definition) is 1. The van der Waals surface area contributed by atoms with Crippen LogP contribution in [-0.2, 0) is 6.42 Å². The predicted octanol–water partition coefficient (Wildman–Crippen LogP) is 3.11. The Hall–Kier alpha value is -2.82. The fourth-order valence-electron chi connectivity index (χ4n) is 3.34. The van der Waals surface area contributed by atoms with Crippen molar-refractivity contribution < 1.29 is 14.3 Å². The Morgan fingerprint density at radius 2 is 1.89 bits per heavy atom. The van der Waals surface area contributed by atoms with Gasteiger partial charge in [-0.3, -0.25) is 9.59 Å². The lowest BCUT2D eigenvalue weighted by molar-refractivity contribution is 0.0796. The molecule has 1 heterocycles. The number of likely N-dealkylation sites (N-methyl/N-ethyl adjacent to an activating group) is 1. The number of ether oxygens (including phenoxy) is 1. The van der Waals surface area contributed by atoms with Gasteiger partial charge in [0, 0.05) is 19.2 Å². The number of fused-ring (bicyclic) bond motifs is 1. The van der Waals surface area contributed by atoms with Gasteiger partial charge in [-0.05, 0) is 67.6 Å². The summed E-state index contributed by atoms with van der Waals surface area (Å²) >= 11 is 0. The van der Waals surface area contributed by atoms with Crippen LogP contribution >= 0.6 is 0 Å². The SMILES string of the molecule is CCNC(=O)c1ccc(Cc2cc3c(c(C)c2C)OCCN(C)C3=O)cc1. The second-order valence-corrected chi connectivity index (χ2v) is 6.97. The fourth-order valence-corrected chi connectivity index (χ4v) is 3.34. The van der Waals surface area contributed by atoms with Gasteiger partial charge in [-0.1, -0.05) is 12.1 Å². The smallest absolute Gasteiger partial charge is 0.257 e. The summed E-state index contributed by atoms with van der Waals surface area (Å²) in [7, 11) is 1.80. The van der Waals surface area contributed by atoms with E-state index in [1.54, 1.807) is 11.9 Å². The van der Waals surface area contributed by atoms with Crippen molar-refractivity contribution in [3.8, 4) is 5.75 Å². The maximum absolute atomic E-state index is 12.7. The maximum Gasteiger partial charge on any atom is 0.257 e. The first-order valence-electron chi connectivity index (χ1n) is 9.30. The number of amides is 2. The van der Waals surface area contributed by atoms with Gasteiger partial charge in [0.25, 0.3) is 11.8 Å². The highest BCUT2D eigenvalue weighted by molar-refractivity contribution is 5.98. The van der Waals surface area contributed by atoms with Gasteiger partial charge in [0.15, 0.2) is 0 Å². The number of nitrogens with zero attached hydrogens (tertiary/aromatic N) is 1. The van der Waals surface area contributed by atoms with Crippen LogP contribution in [0.25, 0.3) is 0 Å². The van der Waals surface area contributed by atoms with Gasteiger partial charge in [-0.15, -0.1) is 0 Å². The van der Waals surface area contributed by atoms with Crippen LogP contribution in [0.1, 0.15) is 49.9 Å². The van der Waals surface area contributed by atoms with Crippen LogP contribution in [0.3, 0.4) is 0 Å².